The summed E-state index contributed by atoms with van der Waals surface area (Å²) in [6, 6.07) is 19.6. The fraction of sp³-hybridized carbons (Fsp3) is 0.300. The van der Waals surface area contributed by atoms with Crippen molar-refractivity contribution in [3.8, 4) is 0 Å². The van der Waals surface area contributed by atoms with Gasteiger partial charge in [0.2, 0.25) is 5.84 Å². The molecule has 1 spiro atoms. The minimum absolute atomic E-state index is 0.199. The van der Waals surface area contributed by atoms with E-state index in [9.17, 15) is 4.79 Å². The molecular weight excluding hydrogens is 312 g/mol. The van der Waals surface area contributed by atoms with Gasteiger partial charge in [-0.3, -0.25) is 15.2 Å². The van der Waals surface area contributed by atoms with E-state index in [1.54, 1.807) is 0 Å². The van der Waals surface area contributed by atoms with Gasteiger partial charge in [-0.15, -0.1) is 0 Å². The minimum atomic E-state index is -0.358. The van der Waals surface area contributed by atoms with Crippen LogP contribution >= 0.6 is 0 Å². The van der Waals surface area contributed by atoms with E-state index in [0.29, 0.717) is 5.84 Å². The molecule has 0 bridgehead atoms. The van der Waals surface area contributed by atoms with Crippen LogP contribution in [0.25, 0.3) is 0 Å². The summed E-state index contributed by atoms with van der Waals surface area (Å²) in [7, 11) is 0. The molecule has 0 saturated heterocycles. The molecule has 1 amide bonds. The first-order valence-electron chi connectivity index (χ1n) is 8.85. The first kappa shape index (κ1) is 15.7. The SMILES string of the molecule is O=C(Nc1ccccc1)C1=NC2(CCCCC2)N(c2ccccc2)N1. The molecule has 5 nitrogen and oxygen atoms in total. The Morgan fingerprint density at radius 3 is 2.28 bits per heavy atom. The number of amidine groups is 1. The van der Waals surface area contributed by atoms with Crippen molar-refractivity contribution in [1.29, 1.82) is 0 Å². The van der Waals surface area contributed by atoms with Crippen LogP contribution in [0.5, 0.6) is 0 Å². The van der Waals surface area contributed by atoms with Gasteiger partial charge >= 0.3 is 0 Å². The maximum atomic E-state index is 12.7. The van der Waals surface area contributed by atoms with Gasteiger partial charge in [-0.05, 0) is 49.9 Å². The van der Waals surface area contributed by atoms with E-state index >= 15 is 0 Å². The minimum Gasteiger partial charge on any atom is -0.319 e. The smallest absolute Gasteiger partial charge is 0.292 e. The van der Waals surface area contributed by atoms with Crippen LogP contribution in [0.3, 0.4) is 0 Å². The van der Waals surface area contributed by atoms with E-state index in [4.69, 9.17) is 4.99 Å². The Kier molecular flexibility index (Phi) is 4.14. The van der Waals surface area contributed by atoms with Crippen molar-refractivity contribution >= 4 is 23.1 Å². The molecule has 2 N–H and O–H groups in total. The molecule has 2 aromatic carbocycles. The lowest BCUT2D eigenvalue weighted by Crippen LogP contribution is -2.52. The molecule has 0 aromatic heterocycles. The van der Waals surface area contributed by atoms with Gasteiger partial charge < -0.3 is 5.32 Å². The van der Waals surface area contributed by atoms with Crippen LogP contribution in [0.2, 0.25) is 0 Å². The van der Waals surface area contributed by atoms with Crippen molar-refractivity contribution < 1.29 is 4.79 Å². The van der Waals surface area contributed by atoms with E-state index in [1.807, 2.05) is 48.5 Å². The zero-order valence-corrected chi connectivity index (χ0v) is 14.1. The Labute approximate surface area is 147 Å². The number of benzene rings is 2. The second kappa shape index (κ2) is 6.59. The van der Waals surface area contributed by atoms with Crippen LogP contribution in [0.1, 0.15) is 32.1 Å². The second-order valence-corrected chi connectivity index (χ2v) is 6.61. The van der Waals surface area contributed by atoms with E-state index in [-0.39, 0.29) is 11.6 Å². The van der Waals surface area contributed by atoms with Gasteiger partial charge in [0.25, 0.3) is 5.91 Å². The van der Waals surface area contributed by atoms with Crippen LogP contribution in [0, 0.1) is 0 Å². The van der Waals surface area contributed by atoms with Crippen LogP contribution in [0.4, 0.5) is 11.4 Å². The van der Waals surface area contributed by atoms with E-state index in [2.05, 4.69) is 27.9 Å². The lowest BCUT2D eigenvalue weighted by Gasteiger charge is -2.39. The zero-order valence-electron chi connectivity index (χ0n) is 14.1. The van der Waals surface area contributed by atoms with Crippen molar-refractivity contribution in [3.63, 3.8) is 0 Å². The molecular formula is C20H22N4O. The Balaban J connectivity index is 1.61. The highest BCUT2D eigenvalue weighted by molar-refractivity contribution is 6.43. The molecule has 1 aliphatic heterocycles. The number of aliphatic imine (C=N–C) groups is 1. The van der Waals surface area contributed by atoms with Crippen molar-refractivity contribution in [2.75, 3.05) is 10.3 Å². The third-order valence-corrected chi connectivity index (χ3v) is 4.87. The quantitative estimate of drug-likeness (QED) is 0.900. The monoisotopic (exact) mass is 334 g/mol. The van der Waals surface area contributed by atoms with Crippen LogP contribution in [0.15, 0.2) is 65.7 Å². The topological polar surface area (TPSA) is 56.7 Å². The lowest BCUT2D eigenvalue weighted by molar-refractivity contribution is -0.110. The van der Waals surface area contributed by atoms with Gasteiger partial charge in [-0.25, -0.2) is 4.99 Å². The summed E-state index contributed by atoms with van der Waals surface area (Å²) in [5.41, 5.74) is 4.71. The normalized spacial score (nSPS) is 18.6. The van der Waals surface area contributed by atoms with Gasteiger partial charge in [0.15, 0.2) is 5.66 Å². The van der Waals surface area contributed by atoms with Gasteiger partial charge in [-0.1, -0.05) is 42.8 Å². The molecule has 25 heavy (non-hydrogen) atoms. The second-order valence-electron chi connectivity index (χ2n) is 6.61. The highest BCUT2D eigenvalue weighted by atomic mass is 16.2. The van der Waals surface area contributed by atoms with E-state index in [1.165, 1.54) is 6.42 Å². The summed E-state index contributed by atoms with van der Waals surface area (Å²) in [5.74, 6) is 0.184. The number of para-hydroxylation sites is 2. The van der Waals surface area contributed by atoms with E-state index in [0.717, 1.165) is 37.1 Å². The summed E-state index contributed by atoms with van der Waals surface area (Å²) < 4.78 is 0. The van der Waals surface area contributed by atoms with Gasteiger partial charge in [0.1, 0.15) is 0 Å². The summed E-state index contributed by atoms with van der Waals surface area (Å²) in [6.07, 6.45) is 5.39. The average Bonchev–Trinajstić information content (AvgIpc) is 3.03. The maximum Gasteiger partial charge on any atom is 0.292 e. The molecule has 0 radical (unpaired) electrons. The van der Waals surface area contributed by atoms with Crippen LogP contribution < -0.4 is 15.8 Å². The highest BCUT2D eigenvalue weighted by Gasteiger charge is 2.44. The van der Waals surface area contributed by atoms with Crippen molar-refractivity contribution in [2.24, 2.45) is 4.99 Å². The molecule has 0 unspecified atom stereocenters. The van der Waals surface area contributed by atoms with Crippen molar-refractivity contribution in [2.45, 2.75) is 37.8 Å². The highest BCUT2D eigenvalue weighted by Crippen LogP contribution is 2.39. The molecule has 128 valence electrons. The molecule has 2 aliphatic rings. The number of nitrogens with zero attached hydrogens (tertiary/aromatic N) is 2. The predicted molar refractivity (Wildman–Crippen MR) is 100 cm³/mol. The van der Waals surface area contributed by atoms with Crippen molar-refractivity contribution in [1.82, 2.24) is 5.43 Å². The third kappa shape index (κ3) is 3.09. The molecule has 0 atom stereocenters. The predicted octanol–water partition coefficient (Wildman–Crippen LogP) is 3.71. The Morgan fingerprint density at radius 1 is 0.960 bits per heavy atom. The Bertz CT molecular complexity index is 767. The summed E-state index contributed by atoms with van der Waals surface area (Å²) in [5, 5.41) is 4.99. The molecule has 5 heteroatoms. The number of hydrogen-bond donors (Lipinski definition) is 2. The lowest BCUT2D eigenvalue weighted by atomic mass is 9.89. The Morgan fingerprint density at radius 2 is 1.60 bits per heavy atom. The molecule has 1 fully saturated rings. The standard InChI is InChI=1S/C20H22N4O/c25-19(21-16-10-4-1-5-11-16)18-22-20(14-8-3-9-15-20)24(23-18)17-12-6-2-7-13-17/h1-2,4-7,10-13H,3,8-9,14-15H2,(H,21,25)(H,22,23). The molecule has 4 rings (SSSR count). The zero-order chi connectivity index (χ0) is 17.1. The number of anilines is 2. The molecule has 1 saturated carbocycles. The fourth-order valence-electron chi connectivity index (χ4n) is 3.64. The van der Waals surface area contributed by atoms with E-state index < -0.39 is 0 Å². The summed E-state index contributed by atoms with van der Waals surface area (Å²) in [4.78, 5) is 17.5. The summed E-state index contributed by atoms with van der Waals surface area (Å²) >= 11 is 0. The van der Waals surface area contributed by atoms with Gasteiger partial charge in [-0.2, -0.15) is 0 Å². The van der Waals surface area contributed by atoms with Crippen LogP contribution in [-0.2, 0) is 4.79 Å². The van der Waals surface area contributed by atoms with Crippen LogP contribution in [-0.4, -0.2) is 17.4 Å². The molecule has 1 aliphatic carbocycles. The first-order valence-corrected chi connectivity index (χ1v) is 8.85. The number of hydrogen-bond acceptors (Lipinski definition) is 4. The van der Waals surface area contributed by atoms with Crippen molar-refractivity contribution in [3.05, 3.63) is 60.7 Å². The number of rotatable bonds is 3. The number of hydrazine groups is 1. The largest absolute Gasteiger partial charge is 0.319 e. The Hall–Kier alpha value is -2.82. The average molecular weight is 334 g/mol. The van der Waals surface area contributed by atoms with Gasteiger partial charge in [0, 0.05) is 5.69 Å². The number of nitrogens with one attached hydrogen (secondary N) is 2. The fourth-order valence-corrected chi connectivity index (χ4v) is 3.64. The number of amides is 1. The van der Waals surface area contributed by atoms with Gasteiger partial charge in [0.05, 0.1) is 5.69 Å². The summed E-state index contributed by atoms with van der Waals surface area (Å²) in [6.45, 7) is 0. The molecule has 2 aromatic rings. The third-order valence-electron chi connectivity index (χ3n) is 4.87. The number of carbonyl (C=O) groups is 1. The molecule has 1 heterocycles. The maximum absolute atomic E-state index is 12.7. The first-order chi connectivity index (χ1) is 12.3. The number of carbonyl (C=O) groups excluding carboxylic acids is 1.